The Morgan fingerprint density at radius 1 is 1.00 bits per heavy atom. The number of carbonyl (C=O) groups excluding carboxylic acids is 1. The van der Waals surface area contributed by atoms with Crippen LogP contribution < -0.4 is 15.5 Å². The topological polar surface area (TPSA) is 73.1 Å². The first-order chi connectivity index (χ1) is 14.6. The predicted molar refractivity (Wildman–Crippen MR) is 123 cm³/mol. The van der Waals surface area contributed by atoms with Gasteiger partial charge in [-0.25, -0.2) is 4.98 Å². The fourth-order valence-corrected chi connectivity index (χ4v) is 3.35. The van der Waals surface area contributed by atoms with Gasteiger partial charge in [0.25, 0.3) is 5.91 Å². The van der Waals surface area contributed by atoms with Crippen molar-refractivity contribution in [2.24, 2.45) is 0 Å². The van der Waals surface area contributed by atoms with E-state index in [0.717, 1.165) is 29.0 Å². The summed E-state index contributed by atoms with van der Waals surface area (Å²) in [5.74, 6) is -0.170. The van der Waals surface area contributed by atoms with Gasteiger partial charge in [0, 0.05) is 49.1 Å². The lowest BCUT2D eigenvalue weighted by atomic mass is 10.1. The molecule has 4 rings (SSSR count). The molecule has 0 fully saturated rings. The molecule has 2 aromatic carbocycles. The number of hydrogen-bond donors (Lipinski definition) is 3. The Bertz CT molecular complexity index is 1130. The van der Waals surface area contributed by atoms with Gasteiger partial charge >= 0.3 is 0 Å². The fraction of sp³-hybridized carbons (Fsp3) is 0.167. The van der Waals surface area contributed by atoms with Crippen LogP contribution in [0, 0.1) is 0 Å². The summed E-state index contributed by atoms with van der Waals surface area (Å²) < 4.78 is 0. The number of anilines is 3. The molecule has 0 radical (unpaired) electrons. The average molecular weight is 399 g/mol. The summed E-state index contributed by atoms with van der Waals surface area (Å²) in [5.41, 5.74) is 5.65. The highest BCUT2D eigenvalue weighted by molar-refractivity contribution is 5.92. The Kier molecular flexibility index (Phi) is 5.66. The standard InChI is InChI=1S/C24H25N5O/c1-29(2)20-10-7-18(8-11-20)28-19-9-12-23(27-16-19)24(30)25-14-13-17-15-26-22-6-4-3-5-21(17)22/h3-12,15-16,26,28H,13-14H2,1-2H3,(H,25,30). The molecule has 2 aromatic heterocycles. The largest absolute Gasteiger partial charge is 0.378 e. The van der Waals surface area contributed by atoms with E-state index in [-0.39, 0.29) is 5.91 Å². The first kappa shape index (κ1) is 19.5. The Morgan fingerprint density at radius 3 is 2.50 bits per heavy atom. The number of aromatic amines is 1. The third kappa shape index (κ3) is 4.43. The van der Waals surface area contributed by atoms with E-state index < -0.39 is 0 Å². The highest BCUT2D eigenvalue weighted by Gasteiger charge is 2.08. The van der Waals surface area contributed by atoms with E-state index in [1.54, 1.807) is 12.3 Å². The molecule has 4 aromatic rings. The van der Waals surface area contributed by atoms with Gasteiger partial charge in [0.1, 0.15) is 5.69 Å². The average Bonchev–Trinajstić information content (AvgIpc) is 3.18. The number of hydrogen-bond acceptors (Lipinski definition) is 4. The maximum atomic E-state index is 12.4. The van der Waals surface area contributed by atoms with E-state index in [9.17, 15) is 4.79 Å². The van der Waals surface area contributed by atoms with Crippen molar-refractivity contribution >= 4 is 33.9 Å². The molecule has 1 amide bonds. The van der Waals surface area contributed by atoms with Crippen molar-refractivity contribution in [3.8, 4) is 0 Å². The van der Waals surface area contributed by atoms with Gasteiger partial charge in [-0.2, -0.15) is 0 Å². The van der Waals surface area contributed by atoms with Crippen molar-refractivity contribution in [3.05, 3.63) is 84.3 Å². The summed E-state index contributed by atoms with van der Waals surface area (Å²) in [7, 11) is 4.02. The number of rotatable bonds is 7. The van der Waals surface area contributed by atoms with Crippen LogP contribution in [0.3, 0.4) is 0 Å². The second-order valence-electron chi connectivity index (χ2n) is 7.36. The van der Waals surface area contributed by atoms with Crippen LogP contribution in [-0.2, 0) is 6.42 Å². The van der Waals surface area contributed by atoms with Gasteiger partial charge in [-0.3, -0.25) is 4.79 Å². The number of benzene rings is 2. The van der Waals surface area contributed by atoms with E-state index in [4.69, 9.17) is 0 Å². The molecule has 0 aliphatic carbocycles. The molecule has 2 heterocycles. The number of para-hydroxylation sites is 1. The number of nitrogens with zero attached hydrogens (tertiary/aromatic N) is 2. The van der Waals surface area contributed by atoms with Crippen molar-refractivity contribution in [2.75, 3.05) is 30.9 Å². The van der Waals surface area contributed by atoms with Crippen molar-refractivity contribution in [2.45, 2.75) is 6.42 Å². The maximum absolute atomic E-state index is 12.4. The summed E-state index contributed by atoms with van der Waals surface area (Å²) in [6.07, 6.45) is 4.44. The fourth-order valence-electron chi connectivity index (χ4n) is 3.35. The lowest BCUT2D eigenvalue weighted by Gasteiger charge is -2.13. The molecular weight excluding hydrogens is 374 g/mol. The zero-order valence-electron chi connectivity index (χ0n) is 17.1. The molecule has 152 valence electrons. The van der Waals surface area contributed by atoms with Gasteiger partial charge in [0.05, 0.1) is 11.9 Å². The lowest BCUT2D eigenvalue weighted by Crippen LogP contribution is -2.26. The Morgan fingerprint density at radius 2 is 1.77 bits per heavy atom. The molecule has 0 bridgehead atoms. The number of pyridine rings is 1. The second kappa shape index (κ2) is 8.69. The van der Waals surface area contributed by atoms with Crippen molar-refractivity contribution in [3.63, 3.8) is 0 Å². The number of amides is 1. The Labute approximate surface area is 176 Å². The van der Waals surface area contributed by atoms with Gasteiger partial charge < -0.3 is 20.5 Å². The highest BCUT2D eigenvalue weighted by atomic mass is 16.1. The number of fused-ring (bicyclic) bond motifs is 1. The minimum Gasteiger partial charge on any atom is -0.378 e. The van der Waals surface area contributed by atoms with Crippen molar-refractivity contribution in [1.82, 2.24) is 15.3 Å². The molecule has 0 saturated carbocycles. The number of H-pyrrole nitrogens is 1. The number of aromatic nitrogens is 2. The molecule has 0 unspecified atom stereocenters. The minimum atomic E-state index is -0.170. The molecule has 0 atom stereocenters. The highest BCUT2D eigenvalue weighted by Crippen LogP contribution is 2.20. The normalized spacial score (nSPS) is 10.7. The van der Waals surface area contributed by atoms with Gasteiger partial charge in [0.2, 0.25) is 0 Å². The van der Waals surface area contributed by atoms with Crippen molar-refractivity contribution < 1.29 is 4.79 Å². The van der Waals surface area contributed by atoms with E-state index in [1.165, 1.54) is 10.9 Å². The summed E-state index contributed by atoms with van der Waals surface area (Å²) >= 11 is 0. The predicted octanol–water partition coefficient (Wildman–Crippen LogP) is 4.35. The van der Waals surface area contributed by atoms with Gasteiger partial charge in [-0.15, -0.1) is 0 Å². The van der Waals surface area contributed by atoms with Gasteiger partial charge in [-0.1, -0.05) is 18.2 Å². The third-order valence-electron chi connectivity index (χ3n) is 5.02. The molecular formula is C24H25N5O. The summed E-state index contributed by atoms with van der Waals surface area (Å²) in [5, 5.41) is 7.44. The molecule has 0 aliphatic rings. The van der Waals surface area contributed by atoms with E-state index in [2.05, 4.69) is 31.6 Å². The second-order valence-corrected chi connectivity index (χ2v) is 7.36. The molecule has 0 spiro atoms. The first-order valence-electron chi connectivity index (χ1n) is 9.94. The van der Waals surface area contributed by atoms with Crippen LogP contribution in [0.2, 0.25) is 0 Å². The van der Waals surface area contributed by atoms with E-state index in [1.807, 2.05) is 68.8 Å². The van der Waals surface area contributed by atoms with Crippen LogP contribution >= 0.6 is 0 Å². The quantitative estimate of drug-likeness (QED) is 0.432. The molecule has 0 saturated heterocycles. The van der Waals surface area contributed by atoms with Crippen LogP contribution in [0.15, 0.2) is 73.1 Å². The van der Waals surface area contributed by atoms with Crippen LogP contribution in [-0.4, -0.2) is 36.5 Å². The zero-order chi connectivity index (χ0) is 20.9. The summed E-state index contributed by atoms with van der Waals surface area (Å²) in [6, 6.07) is 19.9. The van der Waals surface area contributed by atoms with Crippen LogP contribution in [0.5, 0.6) is 0 Å². The lowest BCUT2D eigenvalue weighted by molar-refractivity contribution is 0.0949. The van der Waals surface area contributed by atoms with Crippen LogP contribution in [0.1, 0.15) is 16.1 Å². The molecule has 6 heteroatoms. The summed E-state index contributed by atoms with van der Waals surface area (Å²) in [4.78, 5) is 22.0. The number of carbonyl (C=O) groups is 1. The SMILES string of the molecule is CN(C)c1ccc(Nc2ccc(C(=O)NCCc3c[nH]c4ccccc34)nc2)cc1. The van der Waals surface area contributed by atoms with Crippen molar-refractivity contribution in [1.29, 1.82) is 0 Å². The van der Waals surface area contributed by atoms with Gasteiger partial charge in [-0.05, 0) is 54.4 Å². The van der Waals surface area contributed by atoms with Gasteiger partial charge in [0.15, 0.2) is 0 Å². The molecule has 0 aliphatic heterocycles. The van der Waals surface area contributed by atoms with Crippen LogP contribution in [0.4, 0.5) is 17.1 Å². The number of nitrogens with one attached hydrogen (secondary N) is 3. The Balaban J connectivity index is 1.31. The minimum absolute atomic E-state index is 0.170. The molecule has 6 nitrogen and oxygen atoms in total. The van der Waals surface area contributed by atoms with Crippen LogP contribution in [0.25, 0.3) is 10.9 Å². The zero-order valence-corrected chi connectivity index (χ0v) is 17.1. The van der Waals surface area contributed by atoms with E-state index >= 15 is 0 Å². The molecule has 30 heavy (non-hydrogen) atoms. The Hall–Kier alpha value is -3.80. The monoisotopic (exact) mass is 399 g/mol. The molecule has 3 N–H and O–H groups in total. The van der Waals surface area contributed by atoms with E-state index in [0.29, 0.717) is 12.2 Å². The maximum Gasteiger partial charge on any atom is 0.269 e. The smallest absolute Gasteiger partial charge is 0.269 e. The third-order valence-corrected chi connectivity index (χ3v) is 5.02. The first-order valence-corrected chi connectivity index (χ1v) is 9.94. The summed E-state index contributed by atoms with van der Waals surface area (Å²) in [6.45, 7) is 0.556.